The normalized spacial score (nSPS) is 11.8. The molecule has 9 heteroatoms. The molecule has 150 valence electrons. The maximum atomic E-state index is 13.7. The Kier molecular flexibility index (Phi) is 7.55. The monoisotopic (exact) mass is 441 g/mol. The van der Waals surface area contributed by atoms with Gasteiger partial charge in [-0.05, 0) is 58.2 Å². The molecule has 1 heterocycles. The lowest BCUT2D eigenvalue weighted by atomic mass is 10.1. The summed E-state index contributed by atoms with van der Waals surface area (Å²) in [5.41, 5.74) is 0.718. The number of hydrogen-bond donors (Lipinski definition) is 1. The van der Waals surface area contributed by atoms with Crippen LogP contribution in [0.1, 0.15) is 33.3 Å². The second-order valence-corrected chi connectivity index (χ2v) is 9.59. The molecular weight excluding hydrogens is 419 g/mol. The second-order valence-electron chi connectivity index (χ2n) is 6.48. The highest BCUT2D eigenvalue weighted by Gasteiger charge is 2.40. The third-order valence-corrected chi connectivity index (χ3v) is 7.12. The maximum Gasteiger partial charge on any atom is 0.381 e. The Morgan fingerprint density at radius 3 is 2.14 bits per heavy atom. The number of thioether (sulfide) groups is 1. The van der Waals surface area contributed by atoms with Gasteiger partial charge in [0.1, 0.15) is 11.6 Å². The van der Waals surface area contributed by atoms with Gasteiger partial charge in [0, 0.05) is 10.6 Å². The second kappa shape index (κ2) is 9.30. The summed E-state index contributed by atoms with van der Waals surface area (Å²) in [6.07, 6.45) is 0.986. The van der Waals surface area contributed by atoms with Crippen LogP contribution in [0, 0.1) is 11.3 Å². The summed E-state index contributed by atoms with van der Waals surface area (Å²) in [6.45, 7) is 6.98. The smallest absolute Gasteiger partial charge is 0.381 e. The quantitative estimate of drug-likeness (QED) is 0.521. The fourth-order valence-electron chi connectivity index (χ4n) is 2.59. The fourth-order valence-corrected chi connectivity index (χ4v) is 6.01. The first-order chi connectivity index (χ1) is 13.1. The maximum absolute atomic E-state index is 13.7. The van der Waals surface area contributed by atoms with E-state index >= 15 is 0 Å². The molecule has 0 fully saturated rings. The summed E-state index contributed by atoms with van der Waals surface area (Å²) in [5, 5.41) is 16.6. The minimum atomic E-state index is -3.85. The largest absolute Gasteiger partial charge is 0.403 e. The van der Waals surface area contributed by atoms with Crippen LogP contribution in [0.15, 0.2) is 33.6 Å². The van der Waals surface area contributed by atoms with Crippen LogP contribution in [-0.4, -0.2) is 18.5 Å². The average Bonchev–Trinajstić information content (AvgIpc) is 2.59. The van der Waals surface area contributed by atoms with E-state index < -0.39 is 7.60 Å². The standard InChI is InChI=1S/C19H22ClN2O4PS/c1-11(2)25-27(23,26-12(3)4)17-18(28-5)15(10-21)16(24-19(17)22)13-6-8-14(20)9-7-13/h6-9,11-12,22H,1-5H3/p+1. The highest BCUT2D eigenvalue weighted by atomic mass is 35.5. The molecule has 0 radical (unpaired) electrons. The van der Waals surface area contributed by atoms with Crippen LogP contribution in [-0.2, 0) is 13.6 Å². The molecule has 0 unspecified atom stereocenters. The van der Waals surface area contributed by atoms with Gasteiger partial charge in [0.25, 0.3) is 0 Å². The first kappa shape index (κ1) is 22.7. The predicted octanol–water partition coefficient (Wildman–Crippen LogP) is 3.52. The average molecular weight is 442 g/mol. The van der Waals surface area contributed by atoms with Gasteiger partial charge in [-0.3, -0.25) is 4.57 Å². The minimum absolute atomic E-state index is 0.0802. The van der Waals surface area contributed by atoms with E-state index in [9.17, 15) is 9.83 Å². The zero-order chi connectivity index (χ0) is 21.1. The van der Waals surface area contributed by atoms with E-state index in [1.807, 2.05) is 0 Å². The molecule has 6 nitrogen and oxygen atoms in total. The molecule has 0 amide bonds. The first-order valence-electron chi connectivity index (χ1n) is 8.60. The Morgan fingerprint density at radius 2 is 1.71 bits per heavy atom. The first-order valence-corrected chi connectivity index (χ1v) is 11.7. The topological polar surface area (TPSA) is 98.1 Å². The van der Waals surface area contributed by atoms with Gasteiger partial charge >= 0.3 is 13.1 Å². The number of hydrogen-bond acceptors (Lipinski definition) is 6. The van der Waals surface area contributed by atoms with Crippen molar-refractivity contribution in [2.24, 2.45) is 0 Å². The summed E-state index contributed by atoms with van der Waals surface area (Å²) >= 11 is 7.18. The van der Waals surface area contributed by atoms with Crippen LogP contribution in [0.5, 0.6) is 0 Å². The molecule has 0 aliphatic rings. The van der Waals surface area contributed by atoms with Crippen molar-refractivity contribution in [1.29, 1.82) is 5.26 Å². The highest BCUT2D eigenvalue weighted by Crippen LogP contribution is 2.51. The van der Waals surface area contributed by atoms with Crippen LogP contribution >= 0.6 is 31.0 Å². The van der Waals surface area contributed by atoms with Crippen molar-refractivity contribution < 1.29 is 23.4 Å². The molecule has 0 saturated carbocycles. The van der Waals surface area contributed by atoms with Gasteiger partial charge in [0.05, 0.1) is 17.1 Å². The van der Waals surface area contributed by atoms with Gasteiger partial charge < -0.3 is 13.5 Å². The molecule has 0 aliphatic heterocycles. The molecule has 1 aromatic heterocycles. The molecule has 0 saturated heterocycles. The van der Waals surface area contributed by atoms with Gasteiger partial charge in [-0.2, -0.15) is 5.26 Å². The lowest BCUT2D eigenvalue weighted by Gasteiger charge is -2.23. The lowest BCUT2D eigenvalue weighted by Crippen LogP contribution is -2.54. The lowest BCUT2D eigenvalue weighted by molar-refractivity contribution is -0.196. The minimum Gasteiger partial charge on any atom is -0.403 e. The highest BCUT2D eigenvalue weighted by molar-refractivity contribution is 7.99. The SMILES string of the molecule is CSc1c(C#N)c(-c2ccc(Cl)cc2)oc(=[NH2+])c1P(=O)(OC(C)C)OC(C)C. The van der Waals surface area contributed by atoms with Gasteiger partial charge in [0.2, 0.25) is 0 Å². The van der Waals surface area contributed by atoms with E-state index in [0.29, 0.717) is 15.5 Å². The van der Waals surface area contributed by atoms with E-state index in [2.05, 4.69) is 6.07 Å². The molecule has 0 atom stereocenters. The molecule has 2 rings (SSSR count). The molecule has 0 aliphatic carbocycles. The van der Waals surface area contributed by atoms with E-state index in [0.717, 1.165) is 0 Å². The van der Waals surface area contributed by atoms with Gasteiger partial charge in [-0.25, -0.2) is 5.41 Å². The van der Waals surface area contributed by atoms with E-state index in [1.165, 1.54) is 11.8 Å². The van der Waals surface area contributed by atoms with Crippen molar-refractivity contribution in [1.82, 2.24) is 0 Å². The van der Waals surface area contributed by atoms with Gasteiger partial charge in [-0.15, -0.1) is 11.8 Å². The van der Waals surface area contributed by atoms with Crippen molar-refractivity contribution in [3.63, 3.8) is 0 Å². The third kappa shape index (κ3) is 4.89. The predicted molar refractivity (Wildman–Crippen MR) is 110 cm³/mol. The Morgan fingerprint density at radius 1 is 1.18 bits per heavy atom. The Balaban J connectivity index is 2.83. The number of halogens is 1. The van der Waals surface area contributed by atoms with Gasteiger partial charge in [-0.1, -0.05) is 11.6 Å². The number of nitriles is 1. The van der Waals surface area contributed by atoms with E-state index in [-0.39, 0.29) is 34.4 Å². The van der Waals surface area contributed by atoms with Crippen LogP contribution < -0.4 is 16.3 Å². The Hall–Kier alpha value is -1.55. The number of nitrogens with zero attached hydrogens (tertiary/aromatic N) is 1. The summed E-state index contributed by atoms with van der Waals surface area (Å²) in [4.78, 5) is 0.404. The van der Waals surface area contributed by atoms with E-state index in [1.54, 1.807) is 58.2 Å². The Labute approximate surface area is 173 Å². The van der Waals surface area contributed by atoms with Crippen molar-refractivity contribution in [3.8, 4) is 17.4 Å². The van der Waals surface area contributed by atoms with Crippen LogP contribution in [0.25, 0.3) is 11.3 Å². The zero-order valence-electron chi connectivity index (χ0n) is 16.4. The molecule has 2 aromatic rings. The summed E-state index contributed by atoms with van der Waals surface area (Å²) in [5.74, 6) is 0.269. The van der Waals surface area contributed by atoms with Crippen molar-refractivity contribution in [2.75, 3.05) is 6.26 Å². The van der Waals surface area contributed by atoms with Crippen molar-refractivity contribution in [3.05, 3.63) is 40.4 Å². The summed E-state index contributed by atoms with van der Waals surface area (Å²) in [6, 6.07) is 8.95. The summed E-state index contributed by atoms with van der Waals surface area (Å²) < 4.78 is 30.8. The Bertz CT molecular complexity index is 983. The number of nitrogens with two attached hydrogens (primary N) is 1. The van der Waals surface area contributed by atoms with Crippen molar-refractivity contribution >= 4 is 36.3 Å². The molecular formula is C19H23ClN2O4PS+. The molecule has 28 heavy (non-hydrogen) atoms. The van der Waals surface area contributed by atoms with E-state index in [4.69, 9.17) is 30.5 Å². The van der Waals surface area contributed by atoms with Crippen LogP contribution in [0.2, 0.25) is 5.02 Å². The van der Waals surface area contributed by atoms with Crippen LogP contribution in [0.4, 0.5) is 0 Å². The van der Waals surface area contributed by atoms with Crippen LogP contribution in [0.3, 0.4) is 0 Å². The van der Waals surface area contributed by atoms with Gasteiger partial charge in [0.15, 0.2) is 11.1 Å². The fraction of sp³-hybridized carbons (Fsp3) is 0.368. The zero-order valence-corrected chi connectivity index (χ0v) is 18.8. The molecule has 0 bridgehead atoms. The molecule has 1 aromatic carbocycles. The molecule has 0 spiro atoms. The third-order valence-electron chi connectivity index (χ3n) is 3.51. The number of benzene rings is 1. The molecule has 2 N–H and O–H groups in total. The van der Waals surface area contributed by atoms with Crippen molar-refractivity contribution in [2.45, 2.75) is 44.8 Å². The summed E-state index contributed by atoms with van der Waals surface area (Å²) in [7, 11) is -3.85. The number of rotatable bonds is 7.